The molecular formula is C14H16BrN3O. The molecule has 0 atom stereocenters. The maximum absolute atomic E-state index is 5.84. The summed E-state index contributed by atoms with van der Waals surface area (Å²) in [5.41, 5.74) is 10.4. The lowest BCUT2D eigenvalue weighted by Crippen LogP contribution is -2.00. The summed E-state index contributed by atoms with van der Waals surface area (Å²) in [5.74, 6) is 0.618. The first-order valence-electron chi connectivity index (χ1n) is 6.03. The van der Waals surface area contributed by atoms with E-state index < -0.39 is 0 Å². The zero-order valence-electron chi connectivity index (χ0n) is 11.2. The molecule has 19 heavy (non-hydrogen) atoms. The largest absolute Gasteiger partial charge is 0.481 e. The lowest BCUT2D eigenvalue weighted by Gasteiger charge is -2.12. The molecule has 2 rings (SSSR count). The predicted molar refractivity (Wildman–Crippen MR) is 80.2 cm³/mol. The number of hydrogen-bond acceptors (Lipinski definition) is 4. The Morgan fingerprint density at radius 2 is 2.05 bits per heavy atom. The number of nitrogens with two attached hydrogens (primary N) is 1. The Hall–Kier alpha value is -1.62. The number of nitrogen functional groups attached to an aromatic ring is 1. The van der Waals surface area contributed by atoms with Crippen molar-refractivity contribution < 1.29 is 4.74 Å². The first kappa shape index (κ1) is 13.8. The number of hydrogen-bond donors (Lipinski definition) is 1. The second kappa shape index (κ2) is 5.57. The Kier molecular flexibility index (Phi) is 4.04. The number of aromatic nitrogens is 2. The molecule has 2 aromatic heterocycles. The molecule has 0 aliphatic heterocycles. The lowest BCUT2D eigenvalue weighted by atomic mass is 10.0. The Bertz CT molecular complexity index is 614. The molecule has 2 N–H and O–H groups in total. The van der Waals surface area contributed by atoms with E-state index in [9.17, 15) is 0 Å². The number of anilines is 1. The van der Waals surface area contributed by atoms with Crippen LogP contribution in [0.15, 0.2) is 22.8 Å². The van der Waals surface area contributed by atoms with Crippen molar-refractivity contribution in [1.29, 1.82) is 0 Å². The molecule has 0 saturated carbocycles. The van der Waals surface area contributed by atoms with E-state index in [1.807, 2.05) is 25.1 Å². The van der Waals surface area contributed by atoms with E-state index >= 15 is 0 Å². The van der Waals surface area contributed by atoms with Gasteiger partial charge in [0.2, 0.25) is 5.88 Å². The number of aryl methyl sites for hydroxylation is 2. The van der Waals surface area contributed by atoms with Crippen molar-refractivity contribution in [2.24, 2.45) is 0 Å². The van der Waals surface area contributed by atoms with Crippen LogP contribution in [0.5, 0.6) is 5.88 Å². The van der Waals surface area contributed by atoms with Crippen LogP contribution >= 0.6 is 15.9 Å². The van der Waals surface area contributed by atoms with Gasteiger partial charge in [-0.15, -0.1) is 0 Å². The SMILES string of the molecule is CCc1nc(OC)ccc1-c1nc(Br)c(N)cc1C. The molecule has 0 aliphatic carbocycles. The summed E-state index contributed by atoms with van der Waals surface area (Å²) in [6.45, 7) is 4.06. The number of pyridine rings is 2. The monoisotopic (exact) mass is 321 g/mol. The third-order valence-corrected chi connectivity index (χ3v) is 3.58. The molecule has 5 heteroatoms. The van der Waals surface area contributed by atoms with Gasteiger partial charge in [-0.1, -0.05) is 6.92 Å². The standard InChI is InChI=1S/C14H16BrN3O/c1-4-11-9(5-6-12(17-11)19-3)13-8(2)7-10(16)14(15)18-13/h5-7H,4,16H2,1-3H3. The van der Waals surface area contributed by atoms with Gasteiger partial charge in [0.25, 0.3) is 0 Å². The third-order valence-electron chi connectivity index (χ3n) is 2.94. The highest BCUT2D eigenvalue weighted by molar-refractivity contribution is 9.10. The van der Waals surface area contributed by atoms with Crippen LogP contribution in [0.3, 0.4) is 0 Å². The zero-order valence-corrected chi connectivity index (χ0v) is 12.8. The summed E-state index contributed by atoms with van der Waals surface area (Å²) in [5, 5.41) is 0. The fraction of sp³-hybridized carbons (Fsp3) is 0.286. The highest BCUT2D eigenvalue weighted by atomic mass is 79.9. The van der Waals surface area contributed by atoms with Gasteiger partial charge in [-0.3, -0.25) is 0 Å². The van der Waals surface area contributed by atoms with E-state index in [1.165, 1.54) is 0 Å². The van der Waals surface area contributed by atoms with Crippen LogP contribution in [-0.4, -0.2) is 17.1 Å². The molecule has 0 amide bonds. The van der Waals surface area contributed by atoms with Crippen molar-refractivity contribution in [3.63, 3.8) is 0 Å². The molecule has 2 aromatic rings. The molecule has 100 valence electrons. The van der Waals surface area contributed by atoms with Gasteiger partial charge in [0.15, 0.2) is 0 Å². The van der Waals surface area contributed by atoms with Gasteiger partial charge >= 0.3 is 0 Å². The predicted octanol–water partition coefficient (Wildman–Crippen LogP) is 3.37. The van der Waals surface area contributed by atoms with E-state index in [1.54, 1.807) is 7.11 Å². The Morgan fingerprint density at radius 3 is 2.68 bits per heavy atom. The van der Waals surface area contributed by atoms with Crippen LogP contribution in [0.1, 0.15) is 18.2 Å². The van der Waals surface area contributed by atoms with Crippen molar-refractivity contribution in [3.05, 3.63) is 34.1 Å². The molecule has 0 aliphatic rings. The van der Waals surface area contributed by atoms with E-state index in [0.717, 1.165) is 28.9 Å². The summed E-state index contributed by atoms with van der Waals surface area (Å²) in [7, 11) is 1.62. The van der Waals surface area contributed by atoms with Crippen LogP contribution in [-0.2, 0) is 6.42 Å². The maximum atomic E-state index is 5.84. The fourth-order valence-corrected chi connectivity index (χ4v) is 2.26. The maximum Gasteiger partial charge on any atom is 0.213 e. The average molecular weight is 322 g/mol. The van der Waals surface area contributed by atoms with Gasteiger partial charge in [-0.2, -0.15) is 0 Å². The quantitative estimate of drug-likeness (QED) is 0.880. The summed E-state index contributed by atoms with van der Waals surface area (Å²) >= 11 is 3.37. The molecule has 0 unspecified atom stereocenters. The summed E-state index contributed by atoms with van der Waals surface area (Å²) in [4.78, 5) is 8.99. The van der Waals surface area contributed by atoms with Crippen molar-refractivity contribution in [2.45, 2.75) is 20.3 Å². The van der Waals surface area contributed by atoms with Gasteiger partial charge in [0.1, 0.15) is 4.60 Å². The number of methoxy groups -OCH3 is 1. The Labute approximate surface area is 121 Å². The third kappa shape index (κ3) is 2.71. The molecule has 2 heterocycles. The van der Waals surface area contributed by atoms with Crippen LogP contribution in [0.2, 0.25) is 0 Å². The first-order valence-corrected chi connectivity index (χ1v) is 6.83. The molecule has 0 saturated heterocycles. The lowest BCUT2D eigenvalue weighted by molar-refractivity contribution is 0.396. The van der Waals surface area contributed by atoms with E-state index in [-0.39, 0.29) is 0 Å². The van der Waals surface area contributed by atoms with E-state index in [2.05, 4.69) is 32.8 Å². The number of rotatable bonds is 3. The smallest absolute Gasteiger partial charge is 0.213 e. The fourth-order valence-electron chi connectivity index (χ4n) is 1.96. The molecular weight excluding hydrogens is 306 g/mol. The van der Waals surface area contributed by atoms with Crippen molar-refractivity contribution >= 4 is 21.6 Å². The van der Waals surface area contributed by atoms with Gasteiger partial charge in [0.05, 0.1) is 24.2 Å². The Balaban J connectivity index is 2.61. The second-order valence-corrected chi connectivity index (χ2v) is 4.99. The van der Waals surface area contributed by atoms with Crippen molar-refractivity contribution in [1.82, 2.24) is 9.97 Å². The molecule has 0 aromatic carbocycles. The topological polar surface area (TPSA) is 61.0 Å². The molecule has 0 spiro atoms. The van der Waals surface area contributed by atoms with Gasteiger partial charge in [-0.05, 0) is 47.0 Å². The van der Waals surface area contributed by atoms with Gasteiger partial charge in [0, 0.05) is 11.6 Å². The van der Waals surface area contributed by atoms with E-state index in [0.29, 0.717) is 16.2 Å². The van der Waals surface area contributed by atoms with Crippen molar-refractivity contribution in [2.75, 3.05) is 12.8 Å². The molecule has 0 bridgehead atoms. The highest BCUT2D eigenvalue weighted by Crippen LogP contribution is 2.30. The van der Waals surface area contributed by atoms with Crippen molar-refractivity contribution in [3.8, 4) is 17.1 Å². The minimum absolute atomic E-state index is 0.618. The molecule has 0 fully saturated rings. The minimum Gasteiger partial charge on any atom is -0.481 e. The number of nitrogens with zero attached hydrogens (tertiary/aromatic N) is 2. The highest BCUT2D eigenvalue weighted by Gasteiger charge is 2.12. The number of ether oxygens (including phenoxy) is 1. The van der Waals surface area contributed by atoms with Gasteiger partial charge < -0.3 is 10.5 Å². The second-order valence-electron chi connectivity index (χ2n) is 4.24. The molecule has 4 nitrogen and oxygen atoms in total. The first-order chi connectivity index (χ1) is 9.06. The van der Waals surface area contributed by atoms with Crippen LogP contribution in [0, 0.1) is 6.92 Å². The summed E-state index contributed by atoms with van der Waals surface area (Å²) in [6.07, 6.45) is 0.815. The van der Waals surface area contributed by atoms with Gasteiger partial charge in [-0.25, -0.2) is 9.97 Å². The Morgan fingerprint density at radius 1 is 1.32 bits per heavy atom. The summed E-state index contributed by atoms with van der Waals surface area (Å²) in [6, 6.07) is 5.75. The average Bonchev–Trinajstić information content (AvgIpc) is 2.42. The summed E-state index contributed by atoms with van der Waals surface area (Å²) < 4.78 is 5.82. The molecule has 0 radical (unpaired) electrons. The van der Waals surface area contributed by atoms with E-state index in [4.69, 9.17) is 10.5 Å². The number of halogens is 1. The van der Waals surface area contributed by atoms with Crippen LogP contribution in [0.25, 0.3) is 11.3 Å². The normalized spacial score (nSPS) is 10.5. The zero-order chi connectivity index (χ0) is 14.0. The minimum atomic E-state index is 0.618. The van der Waals surface area contributed by atoms with Crippen LogP contribution in [0.4, 0.5) is 5.69 Å². The van der Waals surface area contributed by atoms with Crippen LogP contribution < -0.4 is 10.5 Å².